The van der Waals surface area contributed by atoms with E-state index in [1.807, 2.05) is 12.2 Å². The Morgan fingerprint density at radius 3 is 1.67 bits per heavy atom. The molecule has 0 saturated carbocycles. The van der Waals surface area contributed by atoms with Crippen molar-refractivity contribution < 1.29 is 28.5 Å². The maximum absolute atomic E-state index is 12.6. The smallest absolute Gasteiger partial charge is 0.354 e. The molecular weight excluding hydrogens is 348 g/mol. The molecular formula is C21H22O6. The molecule has 0 aromatic heterocycles. The topological polar surface area (TPSA) is 71.1 Å². The van der Waals surface area contributed by atoms with Crippen LogP contribution in [0.2, 0.25) is 0 Å². The van der Waals surface area contributed by atoms with E-state index in [0.717, 1.165) is 22.3 Å². The summed E-state index contributed by atoms with van der Waals surface area (Å²) in [5, 5.41) is 0. The zero-order chi connectivity index (χ0) is 19.4. The lowest BCUT2D eigenvalue weighted by atomic mass is 9.85. The van der Waals surface area contributed by atoms with Gasteiger partial charge in [0.15, 0.2) is 0 Å². The third-order valence-corrected chi connectivity index (χ3v) is 5.30. The van der Waals surface area contributed by atoms with Crippen LogP contribution in [0.5, 0.6) is 11.5 Å². The first-order valence-corrected chi connectivity index (χ1v) is 9.18. The fraction of sp³-hybridized carbons (Fsp3) is 0.429. The van der Waals surface area contributed by atoms with Crippen LogP contribution in [0.25, 0.3) is 11.1 Å². The van der Waals surface area contributed by atoms with E-state index >= 15 is 0 Å². The van der Waals surface area contributed by atoms with Crippen molar-refractivity contribution in [2.24, 2.45) is 0 Å². The van der Waals surface area contributed by atoms with E-state index in [4.69, 9.17) is 18.9 Å². The second-order valence-electron chi connectivity index (χ2n) is 6.99. The van der Waals surface area contributed by atoms with Crippen molar-refractivity contribution in [2.75, 3.05) is 13.2 Å². The molecule has 3 aliphatic rings. The first-order chi connectivity index (χ1) is 12.9. The van der Waals surface area contributed by atoms with Crippen LogP contribution in [-0.4, -0.2) is 36.4 Å². The van der Waals surface area contributed by atoms with Gasteiger partial charge >= 0.3 is 11.9 Å². The molecule has 0 saturated heterocycles. The van der Waals surface area contributed by atoms with Crippen molar-refractivity contribution in [3.05, 3.63) is 35.4 Å². The molecule has 0 bridgehead atoms. The Morgan fingerprint density at radius 1 is 0.889 bits per heavy atom. The summed E-state index contributed by atoms with van der Waals surface area (Å²) in [4.78, 5) is 25.3. The summed E-state index contributed by atoms with van der Waals surface area (Å²) in [7, 11) is 0. The van der Waals surface area contributed by atoms with Gasteiger partial charge in [-0.15, -0.1) is 0 Å². The molecule has 2 aliphatic heterocycles. The van der Waals surface area contributed by atoms with Crippen LogP contribution in [0, 0.1) is 0 Å². The average molecular weight is 370 g/mol. The van der Waals surface area contributed by atoms with Gasteiger partial charge in [-0.1, -0.05) is 12.2 Å². The van der Waals surface area contributed by atoms with Crippen LogP contribution >= 0.6 is 0 Å². The molecule has 1 aromatic carbocycles. The summed E-state index contributed by atoms with van der Waals surface area (Å²) in [5.74, 6) is 0.300. The Balaban J connectivity index is 1.86. The van der Waals surface area contributed by atoms with Crippen LogP contribution in [0.3, 0.4) is 0 Å². The molecule has 0 spiro atoms. The van der Waals surface area contributed by atoms with Crippen LogP contribution in [-0.2, 0) is 19.1 Å². The molecule has 2 unspecified atom stereocenters. The maximum atomic E-state index is 12.6. The second kappa shape index (κ2) is 5.87. The highest BCUT2D eigenvalue weighted by molar-refractivity contribution is 6.08. The minimum absolute atomic E-state index is 0.271. The molecule has 0 fully saturated rings. The normalized spacial score (nSPS) is 26.8. The monoisotopic (exact) mass is 370 g/mol. The van der Waals surface area contributed by atoms with Gasteiger partial charge in [-0.05, 0) is 46.2 Å². The molecule has 6 heteroatoms. The largest absolute Gasteiger partial charge is 0.470 e. The Labute approximate surface area is 157 Å². The molecule has 0 radical (unpaired) electrons. The predicted octanol–water partition coefficient (Wildman–Crippen LogP) is 3.29. The number of carbonyl (C=O) groups excluding carboxylic acids is 2. The van der Waals surface area contributed by atoms with Gasteiger partial charge in [-0.2, -0.15) is 0 Å². The maximum Gasteiger partial charge on any atom is 0.354 e. The highest BCUT2D eigenvalue weighted by Gasteiger charge is 2.55. The lowest BCUT2D eigenvalue weighted by Gasteiger charge is -2.23. The standard InChI is InChI=1S/C21H22O6/c1-5-24-18(22)20(3)12-8-7-9-13-17-15(11-10-14(26-20)16(12)17)27-21(13,4)19(23)25-6-2/h8-11H,5-7H2,1-4H3. The molecule has 0 amide bonds. The average Bonchev–Trinajstić information content (AvgIpc) is 2.98. The van der Waals surface area contributed by atoms with Crippen LogP contribution < -0.4 is 9.47 Å². The number of rotatable bonds is 4. The van der Waals surface area contributed by atoms with E-state index in [1.165, 1.54) is 0 Å². The summed E-state index contributed by atoms with van der Waals surface area (Å²) < 4.78 is 22.6. The van der Waals surface area contributed by atoms with E-state index in [0.29, 0.717) is 17.9 Å². The minimum atomic E-state index is -1.22. The van der Waals surface area contributed by atoms with Gasteiger partial charge < -0.3 is 18.9 Å². The molecule has 6 nitrogen and oxygen atoms in total. The van der Waals surface area contributed by atoms with Gasteiger partial charge in [0.1, 0.15) is 11.5 Å². The zero-order valence-electron chi connectivity index (χ0n) is 15.9. The van der Waals surface area contributed by atoms with Crippen LogP contribution in [0.1, 0.15) is 45.2 Å². The Morgan fingerprint density at radius 2 is 1.30 bits per heavy atom. The fourth-order valence-electron chi connectivity index (χ4n) is 4.03. The molecule has 0 N–H and O–H groups in total. The molecule has 2 heterocycles. The molecule has 1 aromatic rings. The van der Waals surface area contributed by atoms with Gasteiger partial charge in [0.2, 0.25) is 11.2 Å². The summed E-state index contributed by atoms with van der Waals surface area (Å²) in [6, 6.07) is 3.54. The van der Waals surface area contributed by atoms with E-state index in [1.54, 1.807) is 39.8 Å². The van der Waals surface area contributed by atoms with Gasteiger partial charge in [0, 0.05) is 22.3 Å². The minimum Gasteiger partial charge on any atom is -0.470 e. The van der Waals surface area contributed by atoms with Crippen molar-refractivity contribution in [3.8, 4) is 11.5 Å². The van der Waals surface area contributed by atoms with E-state index in [9.17, 15) is 9.59 Å². The lowest BCUT2D eigenvalue weighted by molar-refractivity contribution is -0.155. The Bertz CT molecular complexity index is 838. The van der Waals surface area contributed by atoms with Crippen molar-refractivity contribution >= 4 is 23.1 Å². The molecule has 27 heavy (non-hydrogen) atoms. The third kappa shape index (κ3) is 2.25. The first kappa shape index (κ1) is 17.6. The lowest BCUT2D eigenvalue weighted by Crippen LogP contribution is -2.41. The number of carbonyl (C=O) groups is 2. The number of esters is 2. The fourth-order valence-corrected chi connectivity index (χ4v) is 4.03. The third-order valence-electron chi connectivity index (χ3n) is 5.30. The van der Waals surface area contributed by atoms with Gasteiger partial charge in [0.05, 0.1) is 13.2 Å². The highest BCUT2D eigenvalue weighted by Crippen LogP contribution is 2.57. The van der Waals surface area contributed by atoms with Gasteiger partial charge in [0.25, 0.3) is 0 Å². The predicted molar refractivity (Wildman–Crippen MR) is 98.3 cm³/mol. The van der Waals surface area contributed by atoms with Crippen LogP contribution in [0.15, 0.2) is 24.3 Å². The molecule has 142 valence electrons. The highest BCUT2D eigenvalue weighted by atomic mass is 16.6. The number of allylic oxidation sites excluding steroid dienone is 2. The van der Waals surface area contributed by atoms with Gasteiger partial charge in [-0.25, -0.2) is 9.59 Å². The van der Waals surface area contributed by atoms with E-state index < -0.39 is 23.1 Å². The number of hydrogen-bond acceptors (Lipinski definition) is 6. The van der Waals surface area contributed by atoms with Crippen molar-refractivity contribution in [1.29, 1.82) is 0 Å². The molecule has 1 aliphatic carbocycles. The summed E-state index contributed by atoms with van der Waals surface area (Å²) in [6.45, 7) is 7.50. The summed E-state index contributed by atoms with van der Waals surface area (Å²) in [5.41, 5.74) is 0.630. The van der Waals surface area contributed by atoms with E-state index in [2.05, 4.69) is 0 Å². The Kier molecular flexibility index (Phi) is 3.84. The SMILES string of the molecule is CCOC(=O)C1(C)Oc2ccc3c4c2C1=CCC=C4C(C)(C(=O)OCC)O3. The zero-order valence-corrected chi connectivity index (χ0v) is 15.9. The van der Waals surface area contributed by atoms with Crippen molar-refractivity contribution in [1.82, 2.24) is 0 Å². The van der Waals surface area contributed by atoms with Crippen molar-refractivity contribution in [2.45, 2.75) is 45.3 Å². The summed E-state index contributed by atoms with van der Waals surface area (Å²) >= 11 is 0. The van der Waals surface area contributed by atoms with Crippen LogP contribution in [0.4, 0.5) is 0 Å². The van der Waals surface area contributed by atoms with E-state index in [-0.39, 0.29) is 13.2 Å². The van der Waals surface area contributed by atoms with Crippen molar-refractivity contribution in [3.63, 3.8) is 0 Å². The molecule has 2 atom stereocenters. The quantitative estimate of drug-likeness (QED) is 0.758. The summed E-state index contributed by atoms with van der Waals surface area (Å²) in [6.07, 6.45) is 4.45. The first-order valence-electron chi connectivity index (χ1n) is 9.18. The van der Waals surface area contributed by atoms with Gasteiger partial charge in [-0.3, -0.25) is 0 Å². The second-order valence-corrected chi connectivity index (χ2v) is 6.99. The number of ether oxygens (including phenoxy) is 4. The Hall–Kier alpha value is -2.76. The number of benzene rings is 1. The molecule has 4 rings (SSSR count). The number of hydrogen-bond donors (Lipinski definition) is 0.